The molecule has 0 fully saturated rings. The molecule has 5 nitrogen and oxygen atoms in total. The fourth-order valence-corrected chi connectivity index (χ4v) is 1.77. The highest BCUT2D eigenvalue weighted by molar-refractivity contribution is 6.63. The van der Waals surface area contributed by atoms with Gasteiger partial charge in [-0.2, -0.15) is 0 Å². The average Bonchev–Trinajstić information content (AvgIpc) is 2.37. The van der Waals surface area contributed by atoms with E-state index in [1.807, 2.05) is 18.7 Å². The van der Waals surface area contributed by atoms with Gasteiger partial charge in [-0.1, -0.05) is 26.5 Å². The van der Waals surface area contributed by atoms with E-state index in [2.05, 4.69) is 6.58 Å². The molecule has 0 aliphatic rings. The summed E-state index contributed by atoms with van der Waals surface area (Å²) in [5.74, 6) is 0. The first kappa shape index (κ1) is 17.9. The number of ether oxygens (including phenoxy) is 2. The van der Waals surface area contributed by atoms with Gasteiger partial charge in [-0.3, -0.25) is 9.69 Å². The number of carbonyl (C=O) groups is 2. The summed E-state index contributed by atoms with van der Waals surface area (Å²) >= 11 is 5.29. The van der Waals surface area contributed by atoms with Crippen molar-refractivity contribution in [3.63, 3.8) is 0 Å². The molecule has 0 aromatic rings. The standard InChI is InChI=1S/C13H22ClNO4/c1-4-10-18-13(17)19-12(15(5-2)6-3)9-7-8-11(14)16/h4,12H,1,5-10H2,2-3H3. The van der Waals surface area contributed by atoms with E-state index < -0.39 is 12.4 Å². The predicted octanol–water partition coefficient (Wildman–Crippen LogP) is 2.93. The lowest BCUT2D eigenvalue weighted by atomic mass is 10.2. The number of rotatable bonds is 10. The quantitative estimate of drug-likeness (QED) is 0.268. The largest absolute Gasteiger partial charge is 0.510 e. The molecule has 0 heterocycles. The van der Waals surface area contributed by atoms with Crippen LogP contribution in [0.3, 0.4) is 0 Å². The summed E-state index contributed by atoms with van der Waals surface area (Å²) in [6, 6.07) is 0. The van der Waals surface area contributed by atoms with Crippen molar-refractivity contribution in [3.05, 3.63) is 12.7 Å². The monoisotopic (exact) mass is 291 g/mol. The van der Waals surface area contributed by atoms with Crippen molar-refractivity contribution in [1.82, 2.24) is 4.90 Å². The highest BCUT2D eigenvalue weighted by Crippen LogP contribution is 2.12. The van der Waals surface area contributed by atoms with Crippen molar-refractivity contribution in [2.45, 2.75) is 39.3 Å². The van der Waals surface area contributed by atoms with E-state index in [0.29, 0.717) is 12.8 Å². The van der Waals surface area contributed by atoms with Crippen LogP contribution in [0.4, 0.5) is 4.79 Å². The normalized spacial score (nSPS) is 12.0. The van der Waals surface area contributed by atoms with E-state index >= 15 is 0 Å². The fraction of sp³-hybridized carbons (Fsp3) is 0.692. The number of hydrogen-bond acceptors (Lipinski definition) is 5. The molecule has 6 heteroatoms. The molecule has 0 N–H and O–H groups in total. The van der Waals surface area contributed by atoms with Crippen molar-refractivity contribution in [1.29, 1.82) is 0 Å². The van der Waals surface area contributed by atoms with Gasteiger partial charge in [0.05, 0.1) is 0 Å². The third-order valence-electron chi connectivity index (χ3n) is 2.60. The highest BCUT2D eigenvalue weighted by atomic mass is 35.5. The summed E-state index contributed by atoms with van der Waals surface area (Å²) in [7, 11) is 0. The maximum atomic E-state index is 11.4. The first-order chi connectivity index (χ1) is 9.04. The Morgan fingerprint density at radius 1 is 1.37 bits per heavy atom. The third-order valence-corrected chi connectivity index (χ3v) is 2.78. The second kappa shape index (κ2) is 10.8. The highest BCUT2D eigenvalue weighted by Gasteiger charge is 2.20. The second-order valence-corrected chi connectivity index (χ2v) is 4.31. The second-order valence-electron chi connectivity index (χ2n) is 3.89. The Bertz CT molecular complexity index is 292. The molecule has 0 saturated heterocycles. The van der Waals surface area contributed by atoms with Crippen molar-refractivity contribution in [2.24, 2.45) is 0 Å². The van der Waals surface area contributed by atoms with Crippen LogP contribution in [-0.2, 0) is 14.3 Å². The minimum atomic E-state index is -0.728. The molecule has 0 aliphatic heterocycles. The Hall–Kier alpha value is -1.07. The van der Waals surface area contributed by atoms with Gasteiger partial charge < -0.3 is 9.47 Å². The minimum absolute atomic E-state index is 0.115. The van der Waals surface area contributed by atoms with E-state index in [1.165, 1.54) is 6.08 Å². The van der Waals surface area contributed by atoms with Gasteiger partial charge in [0.25, 0.3) is 0 Å². The smallest absolute Gasteiger partial charge is 0.430 e. The van der Waals surface area contributed by atoms with Gasteiger partial charge in [0.2, 0.25) is 5.24 Å². The van der Waals surface area contributed by atoms with E-state index in [4.69, 9.17) is 21.1 Å². The van der Waals surface area contributed by atoms with Gasteiger partial charge >= 0.3 is 6.16 Å². The van der Waals surface area contributed by atoms with Gasteiger partial charge in [0.15, 0.2) is 6.23 Å². The van der Waals surface area contributed by atoms with Crippen LogP contribution in [0.25, 0.3) is 0 Å². The molecular formula is C13H22ClNO4. The molecule has 0 amide bonds. The summed E-state index contributed by atoms with van der Waals surface area (Å²) < 4.78 is 10.0. The zero-order valence-electron chi connectivity index (χ0n) is 11.6. The SMILES string of the molecule is C=CCOC(=O)OC(CCCC(=O)Cl)N(CC)CC. The first-order valence-electron chi connectivity index (χ1n) is 6.41. The molecule has 0 radical (unpaired) electrons. The molecular weight excluding hydrogens is 270 g/mol. The topological polar surface area (TPSA) is 55.8 Å². The van der Waals surface area contributed by atoms with E-state index in [1.54, 1.807) is 0 Å². The molecule has 110 valence electrons. The molecule has 19 heavy (non-hydrogen) atoms. The number of halogens is 1. The Balaban J connectivity index is 4.35. The van der Waals surface area contributed by atoms with Crippen LogP contribution in [0, 0.1) is 0 Å². The van der Waals surface area contributed by atoms with Crippen molar-refractivity contribution >= 4 is 23.0 Å². The van der Waals surface area contributed by atoms with Gasteiger partial charge in [-0.25, -0.2) is 4.79 Å². The molecule has 0 saturated carbocycles. The first-order valence-corrected chi connectivity index (χ1v) is 6.79. The molecule has 1 atom stereocenters. The Morgan fingerprint density at radius 2 is 2.00 bits per heavy atom. The molecule has 0 bridgehead atoms. The summed E-state index contributed by atoms with van der Waals surface area (Å²) in [6.07, 6.45) is 1.73. The van der Waals surface area contributed by atoms with Crippen LogP contribution in [-0.4, -0.2) is 42.2 Å². The molecule has 1 unspecified atom stereocenters. The fourth-order valence-electron chi connectivity index (χ4n) is 1.63. The minimum Gasteiger partial charge on any atom is -0.430 e. The lowest BCUT2D eigenvalue weighted by Gasteiger charge is -2.28. The third kappa shape index (κ3) is 8.61. The maximum absolute atomic E-state index is 11.4. The molecule has 0 spiro atoms. The lowest BCUT2D eigenvalue weighted by Crippen LogP contribution is -2.38. The average molecular weight is 292 g/mol. The Labute approximate surface area is 119 Å². The van der Waals surface area contributed by atoms with Gasteiger partial charge in [0, 0.05) is 6.42 Å². The van der Waals surface area contributed by atoms with Crippen molar-refractivity contribution in [3.8, 4) is 0 Å². The van der Waals surface area contributed by atoms with Crippen LogP contribution in [0.5, 0.6) is 0 Å². The summed E-state index contributed by atoms with van der Waals surface area (Å²) in [5.41, 5.74) is 0. The van der Waals surface area contributed by atoms with Crippen LogP contribution < -0.4 is 0 Å². The van der Waals surface area contributed by atoms with Gasteiger partial charge in [-0.15, -0.1) is 0 Å². The van der Waals surface area contributed by atoms with Gasteiger partial charge in [-0.05, 0) is 37.5 Å². The Kier molecular flexibility index (Phi) is 10.2. The van der Waals surface area contributed by atoms with E-state index in [-0.39, 0.29) is 18.3 Å². The van der Waals surface area contributed by atoms with E-state index in [0.717, 1.165) is 13.1 Å². The number of carbonyl (C=O) groups excluding carboxylic acids is 2. The van der Waals surface area contributed by atoms with Crippen LogP contribution in [0.1, 0.15) is 33.1 Å². The zero-order valence-corrected chi connectivity index (χ0v) is 12.3. The molecule has 0 rings (SSSR count). The van der Waals surface area contributed by atoms with Crippen LogP contribution in [0.2, 0.25) is 0 Å². The summed E-state index contributed by atoms with van der Waals surface area (Å²) in [4.78, 5) is 24.1. The molecule has 0 aromatic heterocycles. The summed E-state index contributed by atoms with van der Waals surface area (Å²) in [6.45, 7) is 9.00. The van der Waals surface area contributed by atoms with Gasteiger partial charge in [0.1, 0.15) is 6.61 Å². The van der Waals surface area contributed by atoms with Crippen LogP contribution in [0.15, 0.2) is 12.7 Å². The number of nitrogens with zero attached hydrogens (tertiary/aromatic N) is 1. The van der Waals surface area contributed by atoms with E-state index in [9.17, 15) is 9.59 Å². The maximum Gasteiger partial charge on any atom is 0.510 e. The molecule has 0 aromatic carbocycles. The predicted molar refractivity (Wildman–Crippen MR) is 74.1 cm³/mol. The van der Waals surface area contributed by atoms with Crippen molar-refractivity contribution in [2.75, 3.05) is 19.7 Å². The molecule has 0 aliphatic carbocycles. The van der Waals surface area contributed by atoms with Crippen LogP contribution >= 0.6 is 11.6 Å². The number of hydrogen-bond donors (Lipinski definition) is 0. The summed E-state index contributed by atoms with van der Waals surface area (Å²) in [5, 5.41) is -0.382. The Morgan fingerprint density at radius 3 is 2.47 bits per heavy atom. The van der Waals surface area contributed by atoms with Crippen molar-refractivity contribution < 1.29 is 19.1 Å². The lowest BCUT2D eigenvalue weighted by molar-refractivity contribution is -0.112. The zero-order chi connectivity index (χ0) is 14.7.